The number of rotatable bonds is 5. The van der Waals surface area contributed by atoms with Crippen LogP contribution in [0.25, 0.3) is 11.0 Å². The van der Waals surface area contributed by atoms with Crippen molar-refractivity contribution in [2.45, 2.75) is 26.8 Å². The lowest BCUT2D eigenvalue weighted by Gasteiger charge is -2.19. The van der Waals surface area contributed by atoms with Gasteiger partial charge in [0.15, 0.2) is 0 Å². The second-order valence-electron chi connectivity index (χ2n) is 5.32. The van der Waals surface area contributed by atoms with Gasteiger partial charge in [0, 0.05) is 18.0 Å². The van der Waals surface area contributed by atoms with Crippen LogP contribution in [0.4, 0.5) is 0 Å². The van der Waals surface area contributed by atoms with Gasteiger partial charge in [-0.15, -0.1) is 0 Å². The lowest BCUT2D eigenvalue weighted by molar-refractivity contribution is 0.0916. The van der Waals surface area contributed by atoms with Gasteiger partial charge in [0.2, 0.25) is 0 Å². The Balaban J connectivity index is 2.36. The number of hydrogen-bond acceptors (Lipinski definition) is 4. The van der Waals surface area contributed by atoms with Crippen LogP contribution in [0.3, 0.4) is 0 Å². The maximum Gasteiger partial charge on any atom is 0.255 e. The number of fused-ring (bicyclic) bond motifs is 1. The van der Waals surface area contributed by atoms with Crippen molar-refractivity contribution in [2.75, 3.05) is 13.7 Å². The number of carbonyl (C=O) groups excluding carboxylic acids is 1. The van der Waals surface area contributed by atoms with Crippen LogP contribution in [0, 0.1) is 12.8 Å². The summed E-state index contributed by atoms with van der Waals surface area (Å²) in [6.45, 7) is 5.55. The van der Waals surface area contributed by atoms with Gasteiger partial charge < -0.3 is 19.6 Å². The molecule has 114 valence electrons. The minimum atomic E-state index is -0.202. The van der Waals surface area contributed by atoms with E-state index in [0.717, 1.165) is 5.39 Å². The molecule has 2 rings (SSSR count). The molecule has 1 aromatic heterocycles. The van der Waals surface area contributed by atoms with Crippen molar-refractivity contribution in [3.05, 3.63) is 29.5 Å². The molecular weight excluding hydrogens is 270 g/mol. The zero-order valence-electron chi connectivity index (χ0n) is 12.8. The molecule has 0 fully saturated rings. The van der Waals surface area contributed by atoms with Gasteiger partial charge in [-0.2, -0.15) is 0 Å². The van der Waals surface area contributed by atoms with E-state index in [4.69, 9.17) is 14.3 Å². The van der Waals surface area contributed by atoms with Crippen molar-refractivity contribution in [3.63, 3.8) is 0 Å². The Morgan fingerprint density at radius 2 is 2.14 bits per heavy atom. The van der Waals surface area contributed by atoms with E-state index < -0.39 is 0 Å². The molecule has 2 aromatic rings. The molecule has 0 bridgehead atoms. The molecule has 1 aromatic carbocycles. The number of methoxy groups -OCH3 is 1. The molecule has 5 nitrogen and oxygen atoms in total. The summed E-state index contributed by atoms with van der Waals surface area (Å²) in [4.78, 5) is 12.5. The number of aryl methyl sites for hydroxylation is 1. The molecular formula is C16H21NO4. The molecule has 0 radical (unpaired) electrons. The number of furan rings is 1. The van der Waals surface area contributed by atoms with Crippen LogP contribution in [0.15, 0.2) is 22.6 Å². The predicted octanol–water partition coefficient (Wildman–Crippen LogP) is 2.50. The van der Waals surface area contributed by atoms with E-state index in [1.807, 2.05) is 13.8 Å². The summed E-state index contributed by atoms with van der Waals surface area (Å²) in [5.41, 5.74) is 1.17. The number of aliphatic hydroxyl groups is 1. The number of amides is 1. The van der Waals surface area contributed by atoms with E-state index in [9.17, 15) is 4.79 Å². The van der Waals surface area contributed by atoms with E-state index in [-0.39, 0.29) is 24.5 Å². The van der Waals surface area contributed by atoms with Crippen LogP contribution in [0.1, 0.15) is 30.0 Å². The average Bonchev–Trinajstić information content (AvgIpc) is 2.80. The Labute approximate surface area is 123 Å². The van der Waals surface area contributed by atoms with Gasteiger partial charge in [-0.25, -0.2) is 0 Å². The second kappa shape index (κ2) is 6.18. The fourth-order valence-corrected chi connectivity index (χ4v) is 2.19. The minimum Gasteiger partial charge on any atom is -0.497 e. The lowest BCUT2D eigenvalue weighted by atomic mass is 10.0. The van der Waals surface area contributed by atoms with Crippen molar-refractivity contribution >= 4 is 16.9 Å². The maximum absolute atomic E-state index is 12.5. The van der Waals surface area contributed by atoms with Crippen LogP contribution in [-0.2, 0) is 0 Å². The fraction of sp³-hybridized carbons (Fsp3) is 0.438. The van der Waals surface area contributed by atoms with Crippen molar-refractivity contribution in [2.24, 2.45) is 5.92 Å². The first-order chi connectivity index (χ1) is 9.97. The smallest absolute Gasteiger partial charge is 0.255 e. The van der Waals surface area contributed by atoms with E-state index in [2.05, 4.69) is 5.32 Å². The van der Waals surface area contributed by atoms with Crippen molar-refractivity contribution in [1.29, 1.82) is 0 Å². The van der Waals surface area contributed by atoms with Crippen molar-refractivity contribution in [3.8, 4) is 5.75 Å². The Hall–Kier alpha value is -2.01. The zero-order chi connectivity index (χ0) is 15.6. The molecule has 2 N–H and O–H groups in total. The predicted molar refractivity (Wildman–Crippen MR) is 80.7 cm³/mol. The van der Waals surface area contributed by atoms with Gasteiger partial charge in [0.05, 0.1) is 12.7 Å². The largest absolute Gasteiger partial charge is 0.497 e. The molecule has 0 aliphatic heterocycles. The molecule has 0 aliphatic carbocycles. The Bertz CT molecular complexity index is 647. The summed E-state index contributed by atoms with van der Waals surface area (Å²) < 4.78 is 10.8. The summed E-state index contributed by atoms with van der Waals surface area (Å²) in [6.07, 6.45) is 0. The summed E-state index contributed by atoms with van der Waals surface area (Å²) in [5, 5.41) is 12.8. The number of benzene rings is 1. The van der Waals surface area contributed by atoms with Crippen molar-refractivity contribution < 1.29 is 19.1 Å². The van der Waals surface area contributed by atoms with Gasteiger partial charge in [0.25, 0.3) is 5.91 Å². The monoisotopic (exact) mass is 291 g/mol. The first-order valence-corrected chi connectivity index (χ1v) is 6.96. The van der Waals surface area contributed by atoms with Gasteiger partial charge >= 0.3 is 0 Å². The Morgan fingerprint density at radius 1 is 1.43 bits per heavy atom. The SMILES string of the molecule is COc1ccc2oc(C)c(C(=O)NC(C)C(C)CO)c2c1. The fourth-order valence-electron chi connectivity index (χ4n) is 2.19. The first kappa shape index (κ1) is 15.4. The first-order valence-electron chi connectivity index (χ1n) is 6.96. The number of carbonyl (C=O) groups is 1. The second-order valence-corrected chi connectivity index (χ2v) is 5.32. The Kier molecular flexibility index (Phi) is 4.53. The lowest BCUT2D eigenvalue weighted by Crippen LogP contribution is -2.38. The highest BCUT2D eigenvalue weighted by molar-refractivity contribution is 6.07. The molecule has 0 aliphatic rings. The van der Waals surface area contributed by atoms with E-state index >= 15 is 0 Å². The minimum absolute atomic E-state index is 0.0121. The topological polar surface area (TPSA) is 71.7 Å². The summed E-state index contributed by atoms with van der Waals surface area (Å²) >= 11 is 0. The van der Waals surface area contributed by atoms with Gasteiger partial charge in [-0.3, -0.25) is 4.79 Å². The number of nitrogens with one attached hydrogen (secondary N) is 1. The highest BCUT2D eigenvalue weighted by Crippen LogP contribution is 2.29. The molecule has 21 heavy (non-hydrogen) atoms. The molecule has 0 saturated heterocycles. The van der Waals surface area contributed by atoms with Crippen LogP contribution in [0.5, 0.6) is 5.75 Å². The molecule has 2 unspecified atom stereocenters. The van der Waals surface area contributed by atoms with Crippen LogP contribution >= 0.6 is 0 Å². The normalized spacial score (nSPS) is 14.0. The average molecular weight is 291 g/mol. The number of ether oxygens (including phenoxy) is 1. The molecule has 1 heterocycles. The molecule has 0 saturated carbocycles. The van der Waals surface area contributed by atoms with Gasteiger partial charge in [-0.05, 0) is 38.0 Å². The highest BCUT2D eigenvalue weighted by Gasteiger charge is 2.21. The van der Waals surface area contributed by atoms with Gasteiger partial charge in [-0.1, -0.05) is 6.92 Å². The van der Waals surface area contributed by atoms with E-state index in [1.165, 1.54) is 0 Å². The summed E-state index contributed by atoms with van der Waals surface area (Å²) in [6, 6.07) is 5.25. The highest BCUT2D eigenvalue weighted by atomic mass is 16.5. The Morgan fingerprint density at radius 3 is 2.76 bits per heavy atom. The zero-order valence-corrected chi connectivity index (χ0v) is 12.8. The standard InChI is InChI=1S/C16H21NO4/c1-9(8-18)10(2)17-16(19)15-11(3)21-14-6-5-12(20-4)7-13(14)15/h5-7,9-10,18H,8H2,1-4H3,(H,17,19). The van der Waals surface area contributed by atoms with Crippen LogP contribution < -0.4 is 10.1 Å². The number of hydrogen-bond donors (Lipinski definition) is 2. The number of aliphatic hydroxyl groups excluding tert-OH is 1. The van der Waals surface area contributed by atoms with E-state index in [1.54, 1.807) is 32.2 Å². The van der Waals surface area contributed by atoms with Gasteiger partial charge in [0.1, 0.15) is 17.1 Å². The molecule has 1 amide bonds. The maximum atomic E-state index is 12.5. The third kappa shape index (κ3) is 3.03. The van der Waals surface area contributed by atoms with E-state index in [0.29, 0.717) is 22.7 Å². The molecule has 0 spiro atoms. The van der Waals surface area contributed by atoms with Crippen LogP contribution in [-0.4, -0.2) is 30.8 Å². The van der Waals surface area contributed by atoms with Crippen LogP contribution in [0.2, 0.25) is 0 Å². The third-order valence-electron chi connectivity index (χ3n) is 3.80. The molecule has 2 atom stereocenters. The quantitative estimate of drug-likeness (QED) is 0.888. The summed E-state index contributed by atoms with van der Waals surface area (Å²) in [5.74, 6) is 1.03. The third-order valence-corrected chi connectivity index (χ3v) is 3.80. The molecule has 5 heteroatoms. The van der Waals surface area contributed by atoms with Crippen molar-refractivity contribution in [1.82, 2.24) is 5.32 Å². The summed E-state index contributed by atoms with van der Waals surface area (Å²) in [7, 11) is 1.58.